The van der Waals surface area contributed by atoms with Gasteiger partial charge in [-0.25, -0.2) is 4.39 Å². The molecule has 56 valence electrons. The Morgan fingerprint density at radius 3 is 2.73 bits per heavy atom. The number of nitrogens with two attached hydrogens (primary N) is 1. The number of hydrogen-bond donors (Lipinski definition) is 1. The van der Waals surface area contributed by atoms with Gasteiger partial charge in [0.2, 0.25) is 0 Å². The number of nitrogen functional groups attached to an aromatic ring is 1. The van der Waals surface area contributed by atoms with Crippen LogP contribution in [-0.4, -0.2) is 0 Å². The van der Waals surface area contributed by atoms with Crippen LogP contribution in [0.1, 0.15) is 5.56 Å². The zero-order valence-electron chi connectivity index (χ0n) is 5.44. The number of anilines is 1. The van der Waals surface area contributed by atoms with E-state index in [4.69, 9.17) is 11.0 Å². The zero-order valence-corrected chi connectivity index (χ0v) is 7.02. The van der Waals surface area contributed by atoms with Gasteiger partial charge in [0.15, 0.2) is 0 Å². The summed E-state index contributed by atoms with van der Waals surface area (Å²) >= 11 is 3.07. The Labute approximate surface area is 71.6 Å². The molecule has 0 amide bonds. The second-order valence-corrected chi connectivity index (χ2v) is 2.82. The molecule has 0 spiro atoms. The Hall–Kier alpha value is -1.08. The molecule has 0 aliphatic heterocycles. The summed E-state index contributed by atoms with van der Waals surface area (Å²) in [5.74, 6) is -0.565. The number of nitrogens with zero attached hydrogens (tertiary/aromatic N) is 1. The third-order valence-corrected chi connectivity index (χ3v) is 1.86. The van der Waals surface area contributed by atoms with Crippen molar-refractivity contribution in [1.82, 2.24) is 0 Å². The molecule has 0 bridgehead atoms. The van der Waals surface area contributed by atoms with Gasteiger partial charge in [0, 0.05) is 4.47 Å². The van der Waals surface area contributed by atoms with Crippen molar-refractivity contribution in [1.29, 1.82) is 5.26 Å². The van der Waals surface area contributed by atoms with Crippen molar-refractivity contribution in [2.45, 2.75) is 0 Å². The van der Waals surface area contributed by atoms with Crippen LogP contribution in [-0.2, 0) is 0 Å². The van der Waals surface area contributed by atoms with Crippen molar-refractivity contribution in [3.05, 3.63) is 28.0 Å². The molecule has 0 fully saturated rings. The van der Waals surface area contributed by atoms with Gasteiger partial charge in [0.05, 0.1) is 11.3 Å². The van der Waals surface area contributed by atoms with E-state index < -0.39 is 5.82 Å². The van der Waals surface area contributed by atoms with Gasteiger partial charge >= 0.3 is 0 Å². The van der Waals surface area contributed by atoms with Crippen LogP contribution in [0.5, 0.6) is 0 Å². The number of rotatable bonds is 0. The topological polar surface area (TPSA) is 49.8 Å². The zero-order chi connectivity index (χ0) is 8.43. The van der Waals surface area contributed by atoms with E-state index in [-0.39, 0.29) is 11.3 Å². The SMILES string of the molecule is N#Cc1cc(F)c(N)cc1Br. The first-order chi connectivity index (χ1) is 5.15. The fraction of sp³-hybridized carbons (Fsp3) is 0. The lowest BCUT2D eigenvalue weighted by atomic mass is 10.2. The van der Waals surface area contributed by atoms with Crippen molar-refractivity contribution >= 4 is 21.6 Å². The van der Waals surface area contributed by atoms with Crippen LogP contribution in [0.25, 0.3) is 0 Å². The molecule has 1 aromatic carbocycles. The van der Waals surface area contributed by atoms with E-state index in [1.807, 2.05) is 6.07 Å². The summed E-state index contributed by atoms with van der Waals surface area (Å²) in [6.45, 7) is 0. The van der Waals surface area contributed by atoms with E-state index in [9.17, 15) is 4.39 Å². The molecule has 2 N–H and O–H groups in total. The van der Waals surface area contributed by atoms with Gasteiger partial charge in [0.1, 0.15) is 11.9 Å². The fourth-order valence-electron chi connectivity index (χ4n) is 0.648. The smallest absolute Gasteiger partial charge is 0.147 e. The van der Waals surface area contributed by atoms with Crippen LogP contribution in [0.4, 0.5) is 10.1 Å². The molecule has 0 heterocycles. The van der Waals surface area contributed by atoms with Crippen molar-refractivity contribution in [2.24, 2.45) is 0 Å². The highest BCUT2D eigenvalue weighted by atomic mass is 79.9. The molecule has 1 rings (SSSR count). The summed E-state index contributed by atoms with van der Waals surface area (Å²) in [5, 5.41) is 8.45. The van der Waals surface area contributed by atoms with E-state index in [2.05, 4.69) is 15.9 Å². The molecule has 0 aliphatic carbocycles. The lowest BCUT2D eigenvalue weighted by molar-refractivity contribution is 0.632. The Balaban J connectivity index is 3.35. The maximum Gasteiger partial charge on any atom is 0.147 e. The van der Waals surface area contributed by atoms with Crippen LogP contribution in [0.3, 0.4) is 0 Å². The normalized spacial score (nSPS) is 9.18. The Morgan fingerprint density at radius 1 is 1.55 bits per heavy atom. The first-order valence-electron chi connectivity index (χ1n) is 2.79. The van der Waals surface area contributed by atoms with Gasteiger partial charge in [-0.1, -0.05) is 0 Å². The highest BCUT2D eigenvalue weighted by Crippen LogP contribution is 2.21. The molecule has 0 saturated heterocycles. The van der Waals surface area contributed by atoms with Gasteiger partial charge in [-0.15, -0.1) is 0 Å². The summed E-state index contributed by atoms with van der Waals surface area (Å²) in [4.78, 5) is 0. The molecule has 4 heteroatoms. The predicted molar refractivity (Wildman–Crippen MR) is 43.2 cm³/mol. The van der Waals surface area contributed by atoms with Crippen LogP contribution >= 0.6 is 15.9 Å². The number of halogens is 2. The van der Waals surface area contributed by atoms with Gasteiger partial charge in [-0.2, -0.15) is 5.26 Å². The first-order valence-corrected chi connectivity index (χ1v) is 3.59. The maximum absolute atomic E-state index is 12.6. The second-order valence-electron chi connectivity index (χ2n) is 1.97. The standard InChI is InChI=1S/C7H4BrFN2/c8-5-2-7(11)6(9)1-4(5)3-10/h1-2H,11H2. The minimum absolute atomic E-state index is 0.0378. The molecular weight excluding hydrogens is 211 g/mol. The van der Waals surface area contributed by atoms with E-state index in [1.54, 1.807) is 0 Å². The molecule has 1 aromatic rings. The lowest BCUT2D eigenvalue weighted by Gasteiger charge is -1.98. The largest absolute Gasteiger partial charge is 0.396 e. The summed E-state index contributed by atoms with van der Waals surface area (Å²) in [6, 6.07) is 4.29. The Morgan fingerprint density at radius 2 is 2.18 bits per heavy atom. The van der Waals surface area contributed by atoms with Crippen molar-refractivity contribution in [2.75, 3.05) is 5.73 Å². The summed E-state index contributed by atoms with van der Waals surface area (Å²) < 4.78 is 13.2. The molecule has 0 radical (unpaired) electrons. The lowest BCUT2D eigenvalue weighted by Crippen LogP contribution is -1.91. The van der Waals surface area contributed by atoms with E-state index in [1.165, 1.54) is 6.07 Å². The summed E-state index contributed by atoms with van der Waals surface area (Å²) in [6.07, 6.45) is 0. The van der Waals surface area contributed by atoms with E-state index in [0.29, 0.717) is 4.47 Å². The van der Waals surface area contributed by atoms with Crippen molar-refractivity contribution in [3.8, 4) is 6.07 Å². The van der Waals surface area contributed by atoms with Crippen molar-refractivity contribution in [3.63, 3.8) is 0 Å². The van der Waals surface area contributed by atoms with Crippen molar-refractivity contribution < 1.29 is 4.39 Å². The molecule has 11 heavy (non-hydrogen) atoms. The highest BCUT2D eigenvalue weighted by molar-refractivity contribution is 9.10. The highest BCUT2D eigenvalue weighted by Gasteiger charge is 2.03. The average Bonchev–Trinajstić information content (AvgIpc) is 1.97. The summed E-state index contributed by atoms with van der Waals surface area (Å²) in [7, 11) is 0. The molecule has 0 unspecified atom stereocenters. The third kappa shape index (κ3) is 1.49. The molecule has 0 aromatic heterocycles. The first kappa shape index (κ1) is 8.02. The van der Waals surface area contributed by atoms with Gasteiger partial charge < -0.3 is 5.73 Å². The van der Waals surface area contributed by atoms with E-state index in [0.717, 1.165) is 6.07 Å². The van der Waals surface area contributed by atoms with Crippen LogP contribution < -0.4 is 5.73 Å². The maximum atomic E-state index is 12.6. The number of hydrogen-bond acceptors (Lipinski definition) is 2. The number of benzene rings is 1. The van der Waals surface area contributed by atoms with Crippen LogP contribution in [0.15, 0.2) is 16.6 Å². The monoisotopic (exact) mass is 214 g/mol. The molecule has 0 aliphatic rings. The molecule has 0 atom stereocenters. The van der Waals surface area contributed by atoms with Gasteiger partial charge in [-0.05, 0) is 28.1 Å². The molecule has 2 nitrogen and oxygen atoms in total. The van der Waals surface area contributed by atoms with Crippen LogP contribution in [0.2, 0.25) is 0 Å². The quantitative estimate of drug-likeness (QED) is 0.673. The fourth-order valence-corrected chi connectivity index (χ4v) is 1.10. The third-order valence-electron chi connectivity index (χ3n) is 1.21. The summed E-state index contributed by atoms with van der Waals surface area (Å²) in [5.41, 5.74) is 5.51. The Bertz CT molecular complexity index is 330. The number of nitriles is 1. The van der Waals surface area contributed by atoms with Gasteiger partial charge in [0.25, 0.3) is 0 Å². The minimum atomic E-state index is -0.565. The predicted octanol–water partition coefficient (Wildman–Crippen LogP) is 2.04. The Kier molecular flexibility index (Phi) is 2.11. The minimum Gasteiger partial charge on any atom is -0.396 e. The second kappa shape index (κ2) is 2.89. The molecular formula is C7H4BrFN2. The van der Waals surface area contributed by atoms with E-state index >= 15 is 0 Å². The average molecular weight is 215 g/mol. The molecule has 0 saturated carbocycles. The van der Waals surface area contributed by atoms with Crippen LogP contribution in [0, 0.1) is 17.1 Å². The van der Waals surface area contributed by atoms with Gasteiger partial charge in [-0.3, -0.25) is 0 Å².